The molecule has 0 saturated heterocycles. The summed E-state index contributed by atoms with van der Waals surface area (Å²) >= 11 is 0. The smallest absolute Gasteiger partial charge is 0.273 e. The van der Waals surface area contributed by atoms with Crippen LogP contribution in [0.1, 0.15) is 49.9 Å². The highest BCUT2D eigenvalue weighted by atomic mass is 16.7. The van der Waals surface area contributed by atoms with Gasteiger partial charge in [0.2, 0.25) is 11.8 Å². The Morgan fingerprint density at radius 2 is 1.16 bits per heavy atom. The molecule has 0 radical (unpaired) electrons. The highest BCUT2D eigenvalue weighted by Gasteiger charge is 2.26. The summed E-state index contributed by atoms with van der Waals surface area (Å²) in [7, 11) is 0. The van der Waals surface area contributed by atoms with Crippen molar-refractivity contribution >= 4 is 47.1 Å². The van der Waals surface area contributed by atoms with Crippen molar-refractivity contribution in [1.29, 1.82) is 0 Å². The Labute approximate surface area is 433 Å². The summed E-state index contributed by atoms with van der Waals surface area (Å²) in [6, 6.07) is 7.86. The van der Waals surface area contributed by atoms with Crippen molar-refractivity contribution in [3.8, 4) is 0 Å². The molecule has 24 heteroatoms. The lowest BCUT2D eigenvalue weighted by atomic mass is 10.1. The van der Waals surface area contributed by atoms with E-state index in [-0.39, 0.29) is 51.0 Å². The maximum atomic E-state index is 13.4. The summed E-state index contributed by atoms with van der Waals surface area (Å²) < 4.78 is 56.7. The van der Waals surface area contributed by atoms with E-state index in [1.807, 2.05) is 38.1 Å². The van der Waals surface area contributed by atoms with Gasteiger partial charge in [-0.05, 0) is 30.5 Å². The zero-order valence-corrected chi connectivity index (χ0v) is 43.0. The molecule has 0 fully saturated rings. The third kappa shape index (κ3) is 25.6. The molecule has 5 amide bonds. The highest BCUT2D eigenvalue weighted by molar-refractivity contribution is 6.14. The van der Waals surface area contributed by atoms with Gasteiger partial charge in [-0.3, -0.25) is 38.4 Å². The molecule has 0 atom stereocenters. The first kappa shape index (κ1) is 61.0. The summed E-state index contributed by atoms with van der Waals surface area (Å²) in [6.07, 6.45) is 6.87. The number of rotatable bonds is 44. The first-order valence-electron chi connectivity index (χ1n) is 25.1. The highest BCUT2D eigenvalue weighted by Crippen LogP contribution is 2.28. The van der Waals surface area contributed by atoms with Crippen molar-refractivity contribution in [2.45, 2.75) is 46.2 Å². The fraction of sp³-hybridized carbons (Fsp3) is 0.620. The van der Waals surface area contributed by atoms with Crippen LogP contribution in [-0.2, 0) is 89.3 Å². The van der Waals surface area contributed by atoms with Crippen LogP contribution in [0, 0.1) is 0 Å². The van der Waals surface area contributed by atoms with Gasteiger partial charge < -0.3 is 63.7 Å². The maximum Gasteiger partial charge on any atom is 0.273 e. The Morgan fingerprint density at radius 3 is 1.68 bits per heavy atom. The summed E-state index contributed by atoms with van der Waals surface area (Å²) in [4.78, 5) is 71.6. The van der Waals surface area contributed by atoms with Gasteiger partial charge in [-0.2, -0.15) is 5.10 Å². The third-order valence-corrected chi connectivity index (χ3v) is 10.4. The first-order valence-corrected chi connectivity index (χ1v) is 25.1. The van der Waals surface area contributed by atoms with E-state index in [0.29, 0.717) is 168 Å². The summed E-state index contributed by atoms with van der Waals surface area (Å²) in [6.45, 7) is 13.5. The standard InChI is InChI=1S/C50H76N8O16/c1-3-12-58(74-4-2)50(63)42-34-44-43(55-45(51)35-42)37-54-57(44)38-41-7-5-6-40(33-41)36-53-46(59)10-13-64-15-17-66-19-21-68-23-25-70-27-29-72-31-32-73-30-28-71-26-24-69-22-20-67-18-16-65-14-11-52-47(60)39-56-48(61)8-9-49(56)62/h5-9,33-34,37H,3-4,10-32,35-36,38-39H2,1-2H3,(H2,51,55)(H,52,60)(H,53,59). The summed E-state index contributed by atoms with van der Waals surface area (Å²) in [5.41, 5.74) is 9.82. The lowest BCUT2D eigenvalue weighted by Crippen LogP contribution is -2.41. The van der Waals surface area contributed by atoms with Gasteiger partial charge in [0.1, 0.15) is 18.1 Å². The fourth-order valence-corrected chi connectivity index (χ4v) is 6.83. The second-order valence-electron chi connectivity index (χ2n) is 16.3. The molecule has 412 valence electrons. The molecule has 4 N–H and O–H groups in total. The molecule has 0 saturated carbocycles. The number of carbonyl (C=O) groups excluding carboxylic acids is 5. The number of amides is 5. The van der Waals surface area contributed by atoms with Gasteiger partial charge in [-0.1, -0.05) is 31.2 Å². The van der Waals surface area contributed by atoms with Crippen LogP contribution in [0.5, 0.6) is 0 Å². The minimum Gasteiger partial charge on any atom is -0.387 e. The van der Waals surface area contributed by atoms with Gasteiger partial charge in [-0.25, -0.2) is 10.1 Å². The number of benzene rings is 1. The van der Waals surface area contributed by atoms with E-state index < -0.39 is 17.7 Å². The van der Waals surface area contributed by atoms with Crippen LogP contribution in [0.2, 0.25) is 0 Å². The quantitative estimate of drug-likeness (QED) is 0.0476. The van der Waals surface area contributed by atoms with Crippen molar-refractivity contribution in [1.82, 2.24) is 30.4 Å². The number of nitrogens with zero attached hydrogens (tertiary/aromatic N) is 5. The van der Waals surface area contributed by atoms with Crippen molar-refractivity contribution in [3.63, 3.8) is 0 Å². The predicted octanol–water partition coefficient (Wildman–Crippen LogP) is 1.11. The molecule has 4 rings (SSSR count). The number of nitrogens with two attached hydrogens (primary N) is 1. The largest absolute Gasteiger partial charge is 0.387 e. The van der Waals surface area contributed by atoms with Crippen LogP contribution in [-0.4, -0.2) is 213 Å². The number of imide groups is 1. The Bertz CT molecular complexity index is 2040. The number of ether oxygens (including phenoxy) is 10. The molecule has 2 aromatic rings. The van der Waals surface area contributed by atoms with Gasteiger partial charge in [0.25, 0.3) is 17.7 Å². The molecule has 0 unspecified atom stereocenters. The third-order valence-electron chi connectivity index (χ3n) is 10.4. The molecule has 74 heavy (non-hydrogen) atoms. The van der Waals surface area contributed by atoms with E-state index in [1.165, 1.54) is 5.06 Å². The lowest BCUT2D eigenvalue weighted by molar-refractivity contribution is -0.180. The van der Waals surface area contributed by atoms with Crippen LogP contribution in [0.3, 0.4) is 0 Å². The molecule has 3 heterocycles. The number of aliphatic imine (C=N–C) groups is 1. The zero-order chi connectivity index (χ0) is 52.9. The summed E-state index contributed by atoms with van der Waals surface area (Å²) in [5, 5.41) is 11.4. The topological polar surface area (TPSA) is 274 Å². The van der Waals surface area contributed by atoms with E-state index in [4.69, 9.17) is 57.9 Å². The maximum absolute atomic E-state index is 13.4. The molecule has 1 aromatic carbocycles. The molecule has 2 aliphatic rings. The monoisotopic (exact) mass is 1040 g/mol. The van der Waals surface area contributed by atoms with Gasteiger partial charge in [0, 0.05) is 50.2 Å². The average Bonchev–Trinajstić information content (AvgIpc) is 3.85. The minimum atomic E-state index is -0.499. The van der Waals surface area contributed by atoms with Crippen LogP contribution in [0.15, 0.2) is 53.2 Å². The van der Waals surface area contributed by atoms with Gasteiger partial charge in [-0.15, -0.1) is 0 Å². The van der Waals surface area contributed by atoms with Gasteiger partial charge in [0.05, 0.1) is 157 Å². The van der Waals surface area contributed by atoms with Crippen molar-refractivity contribution in [3.05, 3.63) is 65.0 Å². The first-order chi connectivity index (χ1) is 36.2. The number of amidine groups is 1. The number of nitrogens with one attached hydrogen (secondary N) is 2. The van der Waals surface area contributed by atoms with E-state index in [1.54, 1.807) is 17.0 Å². The Balaban J connectivity index is 0.856. The van der Waals surface area contributed by atoms with E-state index in [9.17, 15) is 24.0 Å². The lowest BCUT2D eigenvalue weighted by Gasteiger charge is -2.21. The minimum absolute atomic E-state index is 0.124. The SMILES string of the molecule is CCCN(OCC)C(=O)C1=Cc2c(cnn2Cc2cccc(CNC(=O)CCOCCOCCOCCOCCOCCOCCOCCOCCOCCOCCNC(=O)CN3C(=O)C=CC3=O)c2)N=C(N)C1. The average molecular weight is 1050 g/mol. The summed E-state index contributed by atoms with van der Waals surface area (Å²) in [5.74, 6) is -1.48. The fourth-order valence-electron chi connectivity index (χ4n) is 6.83. The van der Waals surface area contributed by atoms with Crippen molar-refractivity contribution < 1.29 is 76.2 Å². The van der Waals surface area contributed by atoms with Crippen LogP contribution >= 0.6 is 0 Å². The molecule has 0 aliphatic carbocycles. The number of aromatic nitrogens is 2. The Kier molecular flexibility index (Phi) is 31.4. The normalized spacial score (nSPS) is 13.2. The van der Waals surface area contributed by atoms with E-state index >= 15 is 0 Å². The van der Waals surface area contributed by atoms with E-state index in [0.717, 1.165) is 34.6 Å². The second-order valence-corrected chi connectivity index (χ2v) is 16.3. The molecule has 1 aromatic heterocycles. The number of hydrogen-bond acceptors (Lipinski definition) is 19. The zero-order valence-electron chi connectivity index (χ0n) is 43.0. The number of fused-ring (bicyclic) bond motifs is 1. The van der Waals surface area contributed by atoms with Crippen LogP contribution in [0.25, 0.3) is 6.08 Å². The van der Waals surface area contributed by atoms with E-state index in [2.05, 4.69) is 20.7 Å². The number of carbonyl (C=O) groups is 5. The Hall–Kier alpha value is -5.51. The second kappa shape index (κ2) is 38.1. The molecule has 24 nitrogen and oxygen atoms in total. The Morgan fingerprint density at radius 1 is 0.662 bits per heavy atom. The van der Waals surface area contributed by atoms with Crippen LogP contribution < -0.4 is 16.4 Å². The predicted molar refractivity (Wildman–Crippen MR) is 269 cm³/mol. The van der Waals surface area contributed by atoms with Crippen molar-refractivity contribution in [2.24, 2.45) is 10.7 Å². The molecule has 0 bridgehead atoms. The van der Waals surface area contributed by atoms with Crippen molar-refractivity contribution in [2.75, 3.05) is 158 Å². The number of hydrogen-bond donors (Lipinski definition) is 3. The number of hydroxylamine groups is 2. The molecule has 2 aliphatic heterocycles. The molecular formula is C50H76N8O16. The van der Waals surface area contributed by atoms with Crippen LogP contribution in [0.4, 0.5) is 5.69 Å². The molecular weight excluding hydrogens is 969 g/mol. The van der Waals surface area contributed by atoms with Gasteiger partial charge >= 0.3 is 0 Å². The van der Waals surface area contributed by atoms with Gasteiger partial charge in [0.15, 0.2) is 0 Å². The molecule has 0 spiro atoms.